The largest absolute Gasteiger partial charge is 0.467 e. The van der Waals surface area contributed by atoms with Crippen LogP contribution < -0.4 is 5.32 Å². The summed E-state index contributed by atoms with van der Waals surface area (Å²) in [6.07, 6.45) is -2.01. The van der Waals surface area contributed by atoms with E-state index in [9.17, 15) is 19.5 Å². The SMILES string of the molecule is COC(=O)C(O)c1ccc(C[C@H](NC(=O)OC(C)(C)C)C(=O)OCc2ccccc2)cc1. The van der Waals surface area contributed by atoms with Gasteiger partial charge in [0.15, 0.2) is 6.10 Å². The molecule has 0 saturated carbocycles. The second-order valence-corrected chi connectivity index (χ2v) is 8.16. The molecular weight excluding hydrogens is 414 g/mol. The van der Waals surface area contributed by atoms with E-state index in [0.717, 1.165) is 5.56 Å². The van der Waals surface area contributed by atoms with Gasteiger partial charge in [0.25, 0.3) is 0 Å². The summed E-state index contributed by atoms with van der Waals surface area (Å²) in [5.41, 5.74) is 1.12. The highest BCUT2D eigenvalue weighted by molar-refractivity contribution is 5.82. The maximum Gasteiger partial charge on any atom is 0.408 e. The van der Waals surface area contributed by atoms with Crippen molar-refractivity contribution in [3.63, 3.8) is 0 Å². The van der Waals surface area contributed by atoms with E-state index in [1.54, 1.807) is 45.0 Å². The van der Waals surface area contributed by atoms with Gasteiger partial charge in [-0.1, -0.05) is 54.6 Å². The molecule has 8 nitrogen and oxygen atoms in total. The van der Waals surface area contributed by atoms with Gasteiger partial charge in [0.05, 0.1) is 7.11 Å². The molecule has 0 spiro atoms. The summed E-state index contributed by atoms with van der Waals surface area (Å²) in [6, 6.07) is 14.6. The summed E-state index contributed by atoms with van der Waals surface area (Å²) in [7, 11) is 1.19. The molecule has 1 amide bonds. The molecule has 0 aliphatic rings. The number of rotatable bonds is 8. The van der Waals surface area contributed by atoms with Crippen LogP contribution in [0.4, 0.5) is 4.79 Å². The molecule has 2 atom stereocenters. The van der Waals surface area contributed by atoms with Crippen LogP contribution >= 0.6 is 0 Å². The lowest BCUT2D eigenvalue weighted by atomic mass is 10.0. The first kappa shape index (κ1) is 24.9. The monoisotopic (exact) mass is 443 g/mol. The van der Waals surface area contributed by atoms with Crippen molar-refractivity contribution in [2.24, 2.45) is 0 Å². The average Bonchev–Trinajstić information content (AvgIpc) is 2.76. The smallest absolute Gasteiger partial charge is 0.408 e. The molecule has 0 bridgehead atoms. The van der Waals surface area contributed by atoms with Crippen molar-refractivity contribution in [2.75, 3.05) is 7.11 Å². The Morgan fingerprint density at radius 1 is 0.938 bits per heavy atom. The highest BCUT2D eigenvalue weighted by atomic mass is 16.6. The maximum atomic E-state index is 12.7. The number of aliphatic hydroxyl groups is 1. The lowest BCUT2D eigenvalue weighted by molar-refractivity contribution is -0.150. The van der Waals surface area contributed by atoms with E-state index in [2.05, 4.69) is 10.1 Å². The standard InChI is InChI=1S/C24H29NO7/c1-24(2,3)32-23(29)25-19(21(27)31-15-17-8-6-5-7-9-17)14-16-10-12-18(13-11-16)20(26)22(28)30-4/h5-13,19-20,26H,14-15H2,1-4H3,(H,25,29)/t19-,20?/m0/s1. The van der Waals surface area contributed by atoms with E-state index in [1.165, 1.54) is 7.11 Å². The number of benzene rings is 2. The van der Waals surface area contributed by atoms with E-state index in [-0.39, 0.29) is 13.0 Å². The molecule has 2 aromatic carbocycles. The van der Waals surface area contributed by atoms with Crippen molar-refractivity contribution in [3.8, 4) is 0 Å². The maximum absolute atomic E-state index is 12.7. The van der Waals surface area contributed by atoms with Crippen molar-refractivity contribution in [2.45, 2.75) is 51.5 Å². The third kappa shape index (κ3) is 8.03. The molecule has 8 heteroatoms. The second-order valence-electron chi connectivity index (χ2n) is 8.16. The third-order valence-corrected chi connectivity index (χ3v) is 4.36. The summed E-state index contributed by atoms with van der Waals surface area (Å²) >= 11 is 0. The van der Waals surface area contributed by atoms with Gasteiger partial charge in [-0.2, -0.15) is 0 Å². The molecule has 0 heterocycles. The lowest BCUT2D eigenvalue weighted by Gasteiger charge is -2.23. The fourth-order valence-corrected chi connectivity index (χ4v) is 2.79. The second kappa shape index (κ2) is 11.3. The summed E-state index contributed by atoms with van der Waals surface area (Å²) < 4.78 is 15.2. The van der Waals surface area contributed by atoms with Crippen molar-refractivity contribution >= 4 is 18.0 Å². The van der Waals surface area contributed by atoms with E-state index in [1.807, 2.05) is 30.3 Å². The van der Waals surface area contributed by atoms with Gasteiger partial charge in [-0.3, -0.25) is 0 Å². The molecule has 32 heavy (non-hydrogen) atoms. The normalized spacial score (nSPS) is 12.9. The van der Waals surface area contributed by atoms with E-state index < -0.39 is 35.8 Å². The minimum atomic E-state index is -1.40. The van der Waals surface area contributed by atoms with Gasteiger partial charge in [-0.05, 0) is 37.5 Å². The number of carbonyl (C=O) groups is 3. The number of amides is 1. The number of nitrogens with one attached hydrogen (secondary N) is 1. The number of ether oxygens (including phenoxy) is 3. The summed E-state index contributed by atoms with van der Waals surface area (Å²) in [5, 5.41) is 12.5. The first-order valence-electron chi connectivity index (χ1n) is 10.1. The van der Waals surface area contributed by atoms with Crippen LogP contribution in [0.1, 0.15) is 43.6 Å². The van der Waals surface area contributed by atoms with Crippen LogP contribution in [-0.2, 0) is 36.8 Å². The third-order valence-electron chi connectivity index (χ3n) is 4.36. The van der Waals surface area contributed by atoms with Crippen LogP contribution in [0.2, 0.25) is 0 Å². The minimum absolute atomic E-state index is 0.0659. The van der Waals surface area contributed by atoms with E-state index in [0.29, 0.717) is 11.1 Å². The number of esters is 2. The first-order valence-corrected chi connectivity index (χ1v) is 10.1. The van der Waals surface area contributed by atoms with Crippen LogP contribution in [0.3, 0.4) is 0 Å². The highest BCUT2D eigenvalue weighted by Crippen LogP contribution is 2.17. The van der Waals surface area contributed by atoms with Crippen molar-refractivity contribution in [3.05, 3.63) is 71.3 Å². The van der Waals surface area contributed by atoms with Gasteiger partial charge in [0.1, 0.15) is 18.2 Å². The summed E-state index contributed by atoms with van der Waals surface area (Å²) in [6.45, 7) is 5.23. The molecule has 2 aromatic rings. The Bertz CT molecular complexity index is 904. The fourth-order valence-electron chi connectivity index (χ4n) is 2.79. The molecule has 0 aliphatic heterocycles. The van der Waals surface area contributed by atoms with Crippen LogP contribution in [0.5, 0.6) is 0 Å². The quantitative estimate of drug-likeness (QED) is 0.476. The van der Waals surface area contributed by atoms with Crippen LogP contribution in [-0.4, -0.2) is 41.9 Å². The Hall–Kier alpha value is -3.39. The first-order chi connectivity index (χ1) is 15.1. The zero-order valence-corrected chi connectivity index (χ0v) is 18.7. The zero-order valence-electron chi connectivity index (χ0n) is 18.7. The number of carbonyl (C=O) groups excluding carboxylic acids is 3. The number of alkyl carbamates (subject to hydrolysis) is 1. The summed E-state index contributed by atoms with van der Waals surface area (Å²) in [5.74, 6) is -1.38. The zero-order chi connectivity index (χ0) is 23.7. The van der Waals surface area contributed by atoms with Crippen LogP contribution in [0, 0.1) is 0 Å². The van der Waals surface area contributed by atoms with Crippen LogP contribution in [0.25, 0.3) is 0 Å². The Morgan fingerprint density at radius 2 is 1.56 bits per heavy atom. The molecular formula is C24H29NO7. The molecule has 0 aromatic heterocycles. The summed E-state index contributed by atoms with van der Waals surface area (Å²) in [4.78, 5) is 36.5. The van der Waals surface area contributed by atoms with Gasteiger partial charge in [-0.25, -0.2) is 14.4 Å². The molecule has 0 radical (unpaired) electrons. The molecule has 2 rings (SSSR count). The van der Waals surface area contributed by atoms with Gasteiger partial charge in [0.2, 0.25) is 0 Å². The molecule has 2 N–H and O–H groups in total. The predicted octanol–water partition coefficient (Wildman–Crippen LogP) is 3.07. The molecule has 172 valence electrons. The van der Waals surface area contributed by atoms with Gasteiger partial charge in [-0.15, -0.1) is 0 Å². The van der Waals surface area contributed by atoms with Gasteiger partial charge in [0, 0.05) is 6.42 Å². The van der Waals surface area contributed by atoms with E-state index in [4.69, 9.17) is 9.47 Å². The number of methoxy groups -OCH3 is 1. The topological polar surface area (TPSA) is 111 Å². The Kier molecular flexibility index (Phi) is 8.78. The van der Waals surface area contributed by atoms with Crippen molar-refractivity contribution in [1.29, 1.82) is 0 Å². The lowest BCUT2D eigenvalue weighted by Crippen LogP contribution is -2.45. The average molecular weight is 443 g/mol. The number of hydrogen-bond acceptors (Lipinski definition) is 7. The highest BCUT2D eigenvalue weighted by Gasteiger charge is 2.26. The fraction of sp³-hybridized carbons (Fsp3) is 0.375. The van der Waals surface area contributed by atoms with Gasteiger partial charge >= 0.3 is 18.0 Å². The van der Waals surface area contributed by atoms with Crippen molar-refractivity contribution < 1.29 is 33.7 Å². The van der Waals surface area contributed by atoms with Crippen LogP contribution in [0.15, 0.2) is 54.6 Å². The van der Waals surface area contributed by atoms with Crippen molar-refractivity contribution in [1.82, 2.24) is 5.32 Å². The Labute approximate surface area is 187 Å². The Balaban J connectivity index is 2.11. The molecule has 1 unspecified atom stereocenters. The Morgan fingerprint density at radius 3 is 2.12 bits per heavy atom. The van der Waals surface area contributed by atoms with E-state index >= 15 is 0 Å². The number of aliphatic hydroxyl groups excluding tert-OH is 1. The minimum Gasteiger partial charge on any atom is -0.467 e. The molecule has 0 fully saturated rings. The predicted molar refractivity (Wildman–Crippen MR) is 117 cm³/mol. The number of hydrogen-bond donors (Lipinski definition) is 2. The molecule has 0 aliphatic carbocycles. The molecule has 0 saturated heterocycles. The van der Waals surface area contributed by atoms with Gasteiger partial charge < -0.3 is 24.6 Å².